The zero-order valence-electron chi connectivity index (χ0n) is 17.8. The molecule has 0 bridgehead atoms. The van der Waals surface area contributed by atoms with Crippen LogP contribution in [-0.4, -0.2) is 28.8 Å². The molecule has 0 unspecified atom stereocenters. The van der Waals surface area contributed by atoms with Crippen LogP contribution in [0.5, 0.6) is 11.5 Å². The molecule has 5 rings (SSSR count). The predicted octanol–water partition coefficient (Wildman–Crippen LogP) is 5.91. The highest BCUT2D eigenvalue weighted by molar-refractivity contribution is 8.18. The Morgan fingerprint density at radius 1 is 1.10 bits per heavy atom. The Bertz CT molecular complexity index is 1060. The van der Waals surface area contributed by atoms with Crippen LogP contribution in [0.25, 0.3) is 6.08 Å². The van der Waals surface area contributed by atoms with Crippen LogP contribution in [0.4, 0.5) is 5.69 Å². The van der Waals surface area contributed by atoms with Gasteiger partial charge in [-0.3, -0.25) is 9.69 Å². The molecule has 2 heterocycles. The largest absolute Gasteiger partial charge is 0.454 e. The summed E-state index contributed by atoms with van der Waals surface area (Å²) in [5.74, 6) is 2.00. The number of nitrogens with zero attached hydrogens (tertiary/aromatic N) is 2. The molecule has 3 aliphatic rings. The molecule has 2 fully saturated rings. The summed E-state index contributed by atoms with van der Waals surface area (Å²) in [6.45, 7) is 4.52. The molecule has 2 aliphatic heterocycles. The van der Waals surface area contributed by atoms with E-state index < -0.39 is 0 Å². The molecule has 2 aromatic carbocycles. The second-order valence-corrected chi connectivity index (χ2v) is 9.42. The molecule has 1 aliphatic carbocycles. The number of ether oxygens (including phenoxy) is 2. The smallest absolute Gasteiger partial charge is 0.267 e. The zero-order valence-corrected chi connectivity index (χ0v) is 18.7. The van der Waals surface area contributed by atoms with Crippen molar-refractivity contribution >= 4 is 34.6 Å². The lowest BCUT2D eigenvalue weighted by molar-refractivity contribution is -0.124. The van der Waals surface area contributed by atoms with E-state index in [9.17, 15) is 4.79 Å². The van der Waals surface area contributed by atoms with Crippen LogP contribution in [0.15, 0.2) is 52.4 Å². The number of amidine groups is 1. The van der Waals surface area contributed by atoms with Crippen molar-refractivity contribution in [1.29, 1.82) is 0 Å². The molecule has 0 radical (unpaired) electrons. The van der Waals surface area contributed by atoms with E-state index in [1.54, 1.807) is 0 Å². The van der Waals surface area contributed by atoms with E-state index in [4.69, 9.17) is 14.5 Å². The van der Waals surface area contributed by atoms with Gasteiger partial charge in [-0.25, -0.2) is 4.99 Å². The molecule has 0 spiro atoms. The zero-order chi connectivity index (χ0) is 21.4. The monoisotopic (exact) mass is 434 g/mol. The Morgan fingerprint density at radius 2 is 1.84 bits per heavy atom. The maximum absolute atomic E-state index is 13.6. The van der Waals surface area contributed by atoms with Crippen LogP contribution in [0.2, 0.25) is 0 Å². The number of fused-ring (bicyclic) bond motifs is 1. The summed E-state index contributed by atoms with van der Waals surface area (Å²) in [4.78, 5) is 21.1. The molecule has 1 amide bonds. The standard InChI is InChI=1S/C25H26N2O3S/c1-16-8-6-7-11-20(16)27-24(28)23(31-25(27)26-19-9-4-3-5-10-19)14-18-13-22-21(12-17(18)2)29-15-30-22/h3-5,9-10,12-14,16,20H,6-8,11,15H2,1-2H3/b23-14-,26-25?/t16-,20+/m0/s1. The van der Waals surface area contributed by atoms with E-state index in [0.717, 1.165) is 52.7 Å². The average molecular weight is 435 g/mol. The van der Waals surface area contributed by atoms with Crippen LogP contribution in [0.3, 0.4) is 0 Å². The third-order valence-corrected chi connectivity index (χ3v) is 7.25. The Labute approximate surface area is 187 Å². The normalized spacial score (nSPS) is 25.6. The van der Waals surface area contributed by atoms with Crippen molar-refractivity contribution < 1.29 is 14.3 Å². The van der Waals surface area contributed by atoms with Gasteiger partial charge in [-0.2, -0.15) is 0 Å². The first-order valence-electron chi connectivity index (χ1n) is 10.9. The van der Waals surface area contributed by atoms with Gasteiger partial charge < -0.3 is 9.47 Å². The number of carbonyl (C=O) groups is 1. The van der Waals surface area contributed by atoms with Crippen molar-refractivity contribution in [2.75, 3.05) is 6.79 Å². The van der Waals surface area contributed by atoms with Gasteiger partial charge in [0.15, 0.2) is 16.7 Å². The summed E-state index contributed by atoms with van der Waals surface area (Å²) in [7, 11) is 0. The Morgan fingerprint density at radius 3 is 2.61 bits per heavy atom. The van der Waals surface area contributed by atoms with Gasteiger partial charge in [-0.15, -0.1) is 0 Å². The van der Waals surface area contributed by atoms with E-state index in [1.807, 2.05) is 60.4 Å². The first kappa shape index (κ1) is 20.2. The minimum Gasteiger partial charge on any atom is -0.454 e. The molecule has 0 N–H and O–H groups in total. The van der Waals surface area contributed by atoms with Crippen molar-refractivity contribution in [3.63, 3.8) is 0 Å². The number of thioether (sulfide) groups is 1. The van der Waals surface area contributed by atoms with E-state index >= 15 is 0 Å². The molecule has 160 valence electrons. The highest BCUT2D eigenvalue weighted by Gasteiger charge is 2.41. The summed E-state index contributed by atoms with van der Waals surface area (Å²) in [5.41, 5.74) is 2.89. The van der Waals surface area contributed by atoms with E-state index in [0.29, 0.717) is 10.8 Å². The minimum atomic E-state index is 0.0514. The SMILES string of the molecule is Cc1cc2c(cc1/C=C1\SC(=Nc3ccccc3)N([C@@H]3CCCC[C@@H]3C)C1=O)OCO2. The summed E-state index contributed by atoms with van der Waals surface area (Å²) in [6.07, 6.45) is 6.54. The number of hydrogen-bond acceptors (Lipinski definition) is 5. The van der Waals surface area contributed by atoms with Gasteiger partial charge in [0.1, 0.15) is 0 Å². The molecule has 5 nitrogen and oxygen atoms in total. The fourth-order valence-corrected chi connectivity index (χ4v) is 5.54. The number of aliphatic imine (C=N–C) groups is 1. The molecular formula is C25H26N2O3S. The molecule has 1 saturated carbocycles. The molecule has 2 atom stereocenters. The molecule has 0 aromatic heterocycles. The van der Waals surface area contributed by atoms with Gasteiger partial charge in [0.25, 0.3) is 5.91 Å². The van der Waals surface area contributed by atoms with Crippen molar-refractivity contribution in [2.24, 2.45) is 10.9 Å². The quantitative estimate of drug-likeness (QED) is 0.564. The fourth-order valence-electron chi connectivity index (χ4n) is 4.51. The first-order valence-corrected chi connectivity index (χ1v) is 11.7. The number of hydrogen-bond donors (Lipinski definition) is 0. The maximum atomic E-state index is 13.6. The highest BCUT2D eigenvalue weighted by Crippen LogP contribution is 2.41. The second kappa shape index (κ2) is 8.42. The topological polar surface area (TPSA) is 51.1 Å². The molecule has 2 aromatic rings. The summed E-state index contributed by atoms with van der Waals surface area (Å²) < 4.78 is 11.0. The molecular weight excluding hydrogens is 408 g/mol. The molecule has 31 heavy (non-hydrogen) atoms. The van der Waals surface area contributed by atoms with Crippen molar-refractivity contribution in [2.45, 2.75) is 45.6 Å². The van der Waals surface area contributed by atoms with E-state index in [-0.39, 0.29) is 18.7 Å². The lowest BCUT2D eigenvalue weighted by atomic mass is 9.85. The number of benzene rings is 2. The predicted molar refractivity (Wildman–Crippen MR) is 125 cm³/mol. The van der Waals surface area contributed by atoms with Crippen molar-refractivity contribution in [3.8, 4) is 11.5 Å². The van der Waals surface area contributed by atoms with Crippen LogP contribution in [-0.2, 0) is 4.79 Å². The Balaban J connectivity index is 1.53. The number of para-hydroxylation sites is 1. The summed E-state index contributed by atoms with van der Waals surface area (Å²) >= 11 is 1.47. The highest BCUT2D eigenvalue weighted by atomic mass is 32.2. The van der Waals surface area contributed by atoms with Crippen LogP contribution < -0.4 is 9.47 Å². The van der Waals surface area contributed by atoms with Crippen LogP contribution in [0, 0.1) is 12.8 Å². The van der Waals surface area contributed by atoms with Crippen molar-refractivity contribution in [1.82, 2.24) is 4.90 Å². The number of carbonyl (C=O) groups excluding carboxylic acids is 1. The lowest BCUT2D eigenvalue weighted by Gasteiger charge is -2.35. The van der Waals surface area contributed by atoms with Gasteiger partial charge in [0, 0.05) is 6.04 Å². The van der Waals surface area contributed by atoms with E-state index in [2.05, 4.69) is 6.92 Å². The molecule has 1 saturated heterocycles. The third kappa shape index (κ3) is 3.97. The van der Waals surface area contributed by atoms with Crippen molar-refractivity contribution in [3.05, 3.63) is 58.5 Å². The molecule has 6 heteroatoms. The average Bonchev–Trinajstić information content (AvgIpc) is 3.34. The maximum Gasteiger partial charge on any atom is 0.267 e. The number of rotatable bonds is 3. The summed E-state index contributed by atoms with van der Waals surface area (Å²) in [6, 6.07) is 14.0. The van der Waals surface area contributed by atoms with Gasteiger partial charge in [0.2, 0.25) is 6.79 Å². The minimum absolute atomic E-state index is 0.0514. The number of amides is 1. The summed E-state index contributed by atoms with van der Waals surface area (Å²) in [5, 5.41) is 0.777. The third-order valence-electron chi connectivity index (χ3n) is 6.26. The second-order valence-electron chi connectivity index (χ2n) is 8.41. The fraction of sp³-hybridized carbons (Fsp3) is 0.360. The van der Waals surface area contributed by atoms with Crippen LogP contribution >= 0.6 is 11.8 Å². The van der Waals surface area contributed by atoms with Crippen LogP contribution in [0.1, 0.15) is 43.7 Å². The van der Waals surface area contributed by atoms with Gasteiger partial charge in [-0.05, 0) is 78.9 Å². The van der Waals surface area contributed by atoms with E-state index in [1.165, 1.54) is 18.2 Å². The van der Waals surface area contributed by atoms with Gasteiger partial charge in [-0.1, -0.05) is 38.0 Å². The van der Waals surface area contributed by atoms with Gasteiger partial charge in [0.05, 0.1) is 10.6 Å². The first-order chi connectivity index (χ1) is 15.1. The Hall–Kier alpha value is -2.73. The Kier molecular flexibility index (Phi) is 5.48. The number of aryl methyl sites for hydroxylation is 1. The lowest BCUT2D eigenvalue weighted by Crippen LogP contribution is -2.44. The van der Waals surface area contributed by atoms with Gasteiger partial charge >= 0.3 is 0 Å².